The van der Waals surface area contributed by atoms with Crippen molar-refractivity contribution in [3.05, 3.63) is 54.3 Å². The van der Waals surface area contributed by atoms with Gasteiger partial charge in [-0.2, -0.15) is 0 Å². The second kappa shape index (κ2) is 9.17. The Balaban J connectivity index is 1.32. The van der Waals surface area contributed by atoms with E-state index in [9.17, 15) is 9.18 Å². The van der Waals surface area contributed by atoms with Gasteiger partial charge in [0.1, 0.15) is 5.82 Å². The van der Waals surface area contributed by atoms with Crippen molar-refractivity contribution in [1.82, 2.24) is 14.9 Å². The van der Waals surface area contributed by atoms with Crippen LogP contribution in [0.1, 0.15) is 19.3 Å². The summed E-state index contributed by atoms with van der Waals surface area (Å²) in [4.78, 5) is 14.7. The van der Waals surface area contributed by atoms with Gasteiger partial charge in [-0.05, 0) is 67.8 Å². The van der Waals surface area contributed by atoms with Crippen LogP contribution in [0.5, 0.6) is 0 Å². The van der Waals surface area contributed by atoms with Gasteiger partial charge in [-0.1, -0.05) is 11.8 Å². The van der Waals surface area contributed by atoms with Crippen LogP contribution >= 0.6 is 11.8 Å². The van der Waals surface area contributed by atoms with Crippen LogP contribution in [0.25, 0.3) is 11.4 Å². The molecule has 1 fully saturated rings. The Morgan fingerprint density at radius 1 is 1.03 bits per heavy atom. The fourth-order valence-electron chi connectivity index (χ4n) is 3.41. The lowest BCUT2D eigenvalue weighted by molar-refractivity contribution is -0.113. The number of halogens is 1. The van der Waals surface area contributed by atoms with Crippen molar-refractivity contribution in [3.63, 3.8) is 0 Å². The molecular formula is C21H23FN6OS. The number of nitrogen functional groups attached to an aromatic ring is 1. The highest BCUT2D eigenvalue weighted by atomic mass is 32.2. The van der Waals surface area contributed by atoms with Crippen molar-refractivity contribution in [2.75, 3.05) is 34.9 Å². The topological polar surface area (TPSA) is 89.1 Å². The molecule has 0 atom stereocenters. The van der Waals surface area contributed by atoms with E-state index in [4.69, 9.17) is 5.84 Å². The van der Waals surface area contributed by atoms with Gasteiger partial charge in [0.25, 0.3) is 0 Å². The van der Waals surface area contributed by atoms with Crippen molar-refractivity contribution in [2.45, 2.75) is 24.4 Å². The van der Waals surface area contributed by atoms with E-state index in [1.165, 1.54) is 53.5 Å². The Labute approximate surface area is 178 Å². The summed E-state index contributed by atoms with van der Waals surface area (Å²) in [6.45, 7) is 2.17. The molecule has 2 heterocycles. The standard InChI is InChI=1S/C21H23FN6OS/c22-16-6-4-15(5-7-16)20-25-26-21(28(20)23)30-14-19(29)24-17-8-10-18(11-9-17)27-12-2-1-3-13-27/h4-11H,1-3,12-14,23H2,(H,24,29). The number of anilines is 2. The summed E-state index contributed by atoms with van der Waals surface area (Å²) < 4.78 is 14.4. The van der Waals surface area contributed by atoms with E-state index in [-0.39, 0.29) is 17.5 Å². The van der Waals surface area contributed by atoms with Crippen LogP contribution in [0.15, 0.2) is 53.7 Å². The molecule has 1 saturated heterocycles. The fourth-order valence-corrected chi connectivity index (χ4v) is 4.06. The minimum absolute atomic E-state index is 0.145. The molecule has 4 rings (SSSR count). The summed E-state index contributed by atoms with van der Waals surface area (Å²) in [6, 6.07) is 13.8. The molecule has 0 unspecified atom stereocenters. The van der Waals surface area contributed by atoms with E-state index >= 15 is 0 Å². The molecule has 30 heavy (non-hydrogen) atoms. The van der Waals surface area contributed by atoms with E-state index in [0.717, 1.165) is 18.8 Å². The van der Waals surface area contributed by atoms with Crippen LogP contribution in [0.2, 0.25) is 0 Å². The number of amides is 1. The number of nitrogens with one attached hydrogen (secondary N) is 1. The SMILES string of the molecule is Nn1c(SCC(=O)Nc2ccc(N3CCCCC3)cc2)nnc1-c1ccc(F)cc1. The molecule has 0 saturated carbocycles. The van der Waals surface area contributed by atoms with Crippen LogP contribution in [0.4, 0.5) is 15.8 Å². The molecule has 1 aromatic heterocycles. The van der Waals surface area contributed by atoms with Crippen molar-refractivity contribution >= 4 is 29.0 Å². The molecule has 3 aromatic rings. The predicted octanol–water partition coefficient (Wildman–Crippen LogP) is 3.52. The Morgan fingerprint density at radius 3 is 2.43 bits per heavy atom. The number of hydrogen-bond donors (Lipinski definition) is 2. The quantitative estimate of drug-likeness (QED) is 0.463. The summed E-state index contributed by atoms with van der Waals surface area (Å²) >= 11 is 1.19. The molecular weight excluding hydrogens is 403 g/mol. The molecule has 1 aliphatic rings. The van der Waals surface area contributed by atoms with Gasteiger partial charge in [-0.25, -0.2) is 9.07 Å². The third kappa shape index (κ3) is 4.73. The van der Waals surface area contributed by atoms with Crippen LogP contribution < -0.4 is 16.1 Å². The molecule has 0 bridgehead atoms. The van der Waals surface area contributed by atoms with Gasteiger partial charge in [0.15, 0.2) is 5.82 Å². The van der Waals surface area contributed by atoms with E-state index in [1.807, 2.05) is 24.3 Å². The molecule has 7 nitrogen and oxygen atoms in total. The third-order valence-electron chi connectivity index (χ3n) is 4.97. The summed E-state index contributed by atoms with van der Waals surface area (Å²) in [7, 11) is 0. The average Bonchev–Trinajstić information content (AvgIpc) is 3.14. The van der Waals surface area contributed by atoms with Crippen molar-refractivity contribution in [1.29, 1.82) is 0 Å². The first-order valence-electron chi connectivity index (χ1n) is 9.84. The van der Waals surface area contributed by atoms with Gasteiger partial charge in [-0.15, -0.1) is 10.2 Å². The number of benzene rings is 2. The molecule has 1 amide bonds. The zero-order valence-electron chi connectivity index (χ0n) is 16.4. The van der Waals surface area contributed by atoms with Crippen molar-refractivity contribution < 1.29 is 9.18 Å². The van der Waals surface area contributed by atoms with Gasteiger partial charge in [-0.3, -0.25) is 4.79 Å². The Kier molecular flexibility index (Phi) is 6.18. The smallest absolute Gasteiger partial charge is 0.234 e. The van der Waals surface area contributed by atoms with E-state index in [0.29, 0.717) is 16.5 Å². The number of aromatic nitrogens is 3. The zero-order chi connectivity index (χ0) is 20.9. The highest BCUT2D eigenvalue weighted by molar-refractivity contribution is 7.99. The molecule has 0 spiro atoms. The Hall–Kier alpha value is -3.07. The molecule has 0 radical (unpaired) electrons. The van der Waals surface area contributed by atoms with Gasteiger partial charge in [0.2, 0.25) is 11.1 Å². The van der Waals surface area contributed by atoms with Crippen LogP contribution in [0, 0.1) is 5.82 Å². The van der Waals surface area contributed by atoms with Crippen LogP contribution in [0.3, 0.4) is 0 Å². The Morgan fingerprint density at radius 2 is 1.73 bits per heavy atom. The maximum Gasteiger partial charge on any atom is 0.234 e. The molecule has 2 aromatic carbocycles. The van der Waals surface area contributed by atoms with Gasteiger partial charge in [0.05, 0.1) is 5.75 Å². The maximum absolute atomic E-state index is 13.1. The van der Waals surface area contributed by atoms with Crippen LogP contribution in [-0.4, -0.2) is 39.6 Å². The molecule has 3 N–H and O–H groups in total. The second-order valence-electron chi connectivity index (χ2n) is 7.11. The second-order valence-corrected chi connectivity index (χ2v) is 8.06. The fraction of sp³-hybridized carbons (Fsp3) is 0.286. The molecule has 156 valence electrons. The minimum atomic E-state index is -0.336. The van der Waals surface area contributed by atoms with Crippen molar-refractivity contribution in [3.8, 4) is 11.4 Å². The van der Waals surface area contributed by atoms with E-state index in [2.05, 4.69) is 20.4 Å². The zero-order valence-corrected chi connectivity index (χ0v) is 17.2. The summed E-state index contributed by atoms with van der Waals surface area (Å²) in [5.41, 5.74) is 2.59. The monoisotopic (exact) mass is 426 g/mol. The highest BCUT2D eigenvalue weighted by Crippen LogP contribution is 2.24. The lowest BCUT2D eigenvalue weighted by Gasteiger charge is -2.28. The molecule has 1 aliphatic heterocycles. The highest BCUT2D eigenvalue weighted by Gasteiger charge is 2.15. The van der Waals surface area contributed by atoms with Gasteiger partial charge in [0, 0.05) is 30.0 Å². The number of thioether (sulfide) groups is 1. The normalized spacial score (nSPS) is 14.0. The molecule has 0 aliphatic carbocycles. The molecule has 9 heteroatoms. The summed E-state index contributed by atoms with van der Waals surface area (Å²) in [6.07, 6.45) is 3.75. The first-order chi connectivity index (χ1) is 14.6. The largest absolute Gasteiger partial charge is 0.372 e. The van der Waals surface area contributed by atoms with E-state index in [1.54, 1.807) is 12.1 Å². The number of carbonyl (C=O) groups is 1. The first-order valence-corrected chi connectivity index (χ1v) is 10.8. The third-order valence-corrected chi connectivity index (χ3v) is 5.91. The predicted molar refractivity (Wildman–Crippen MR) is 117 cm³/mol. The summed E-state index contributed by atoms with van der Waals surface area (Å²) in [5.74, 6) is 6.10. The van der Waals surface area contributed by atoms with Gasteiger partial charge >= 0.3 is 0 Å². The Bertz CT molecular complexity index is 999. The number of hydrogen-bond acceptors (Lipinski definition) is 6. The maximum atomic E-state index is 13.1. The lowest BCUT2D eigenvalue weighted by atomic mass is 10.1. The number of nitrogens with two attached hydrogens (primary N) is 1. The average molecular weight is 427 g/mol. The van der Waals surface area contributed by atoms with Crippen LogP contribution in [-0.2, 0) is 4.79 Å². The lowest BCUT2D eigenvalue weighted by Crippen LogP contribution is -2.29. The number of rotatable bonds is 6. The number of nitrogens with zero attached hydrogens (tertiary/aromatic N) is 4. The summed E-state index contributed by atoms with van der Waals surface area (Å²) in [5, 5.41) is 11.4. The van der Waals surface area contributed by atoms with Crippen molar-refractivity contribution in [2.24, 2.45) is 0 Å². The number of piperidine rings is 1. The first kappa shape index (κ1) is 20.2. The van der Waals surface area contributed by atoms with Gasteiger partial charge < -0.3 is 16.1 Å². The number of carbonyl (C=O) groups excluding carboxylic acids is 1. The van der Waals surface area contributed by atoms with E-state index < -0.39 is 0 Å². The minimum Gasteiger partial charge on any atom is -0.372 e.